The number of hydrogen-bond acceptors (Lipinski definition) is 4. The topological polar surface area (TPSA) is 72.2 Å². The molecular formula is C10H15ClN2O2S. The van der Waals surface area contributed by atoms with Gasteiger partial charge in [-0.15, -0.1) is 0 Å². The van der Waals surface area contributed by atoms with Gasteiger partial charge in [0.15, 0.2) is 9.84 Å². The molecule has 0 amide bonds. The van der Waals surface area contributed by atoms with Crippen molar-refractivity contribution in [3.8, 4) is 0 Å². The van der Waals surface area contributed by atoms with E-state index in [1.165, 1.54) is 6.26 Å². The second-order valence-corrected chi connectivity index (χ2v) is 6.57. The number of halogens is 1. The van der Waals surface area contributed by atoms with E-state index in [4.69, 9.17) is 17.4 Å². The minimum Gasteiger partial charge on any atom is -0.271 e. The minimum atomic E-state index is -3.16. The van der Waals surface area contributed by atoms with Gasteiger partial charge in [-0.25, -0.2) is 8.42 Å². The van der Waals surface area contributed by atoms with E-state index in [2.05, 4.69) is 5.43 Å². The van der Waals surface area contributed by atoms with Crippen LogP contribution in [0.5, 0.6) is 0 Å². The predicted molar refractivity (Wildman–Crippen MR) is 65.8 cm³/mol. The zero-order valence-electron chi connectivity index (χ0n) is 9.14. The maximum absolute atomic E-state index is 11.5. The molecular weight excluding hydrogens is 248 g/mol. The third-order valence-corrected chi connectivity index (χ3v) is 4.39. The Morgan fingerprint density at radius 1 is 1.44 bits per heavy atom. The minimum absolute atomic E-state index is 0.464. The van der Waals surface area contributed by atoms with Gasteiger partial charge in [0.2, 0.25) is 0 Å². The predicted octanol–water partition coefficient (Wildman–Crippen LogP) is 1.28. The van der Waals surface area contributed by atoms with Crippen LogP contribution in [0.25, 0.3) is 0 Å². The largest absolute Gasteiger partial charge is 0.271 e. The Morgan fingerprint density at radius 3 is 2.50 bits per heavy atom. The maximum Gasteiger partial charge on any atom is 0.151 e. The summed E-state index contributed by atoms with van der Waals surface area (Å²) in [5.74, 6) is 5.39. The second-order valence-electron chi connectivity index (χ2n) is 3.73. The highest BCUT2D eigenvalue weighted by Gasteiger charge is 2.26. The highest BCUT2D eigenvalue weighted by atomic mass is 35.5. The Balaban J connectivity index is 3.08. The van der Waals surface area contributed by atoms with Gasteiger partial charge in [0.25, 0.3) is 0 Å². The molecule has 0 saturated carbocycles. The van der Waals surface area contributed by atoms with E-state index < -0.39 is 21.1 Å². The molecule has 0 aliphatic heterocycles. The van der Waals surface area contributed by atoms with Crippen LogP contribution in [-0.4, -0.2) is 19.9 Å². The first-order valence-corrected chi connectivity index (χ1v) is 7.10. The van der Waals surface area contributed by atoms with Gasteiger partial charge in [-0.05, 0) is 24.6 Å². The summed E-state index contributed by atoms with van der Waals surface area (Å²) in [6, 6.07) is 6.51. The van der Waals surface area contributed by atoms with Crippen LogP contribution in [0, 0.1) is 0 Å². The molecule has 0 aliphatic rings. The first kappa shape index (κ1) is 13.4. The van der Waals surface area contributed by atoms with E-state index in [-0.39, 0.29) is 0 Å². The number of hydrazine groups is 1. The van der Waals surface area contributed by atoms with Gasteiger partial charge >= 0.3 is 0 Å². The van der Waals surface area contributed by atoms with E-state index >= 15 is 0 Å². The lowest BCUT2D eigenvalue weighted by Crippen LogP contribution is -2.38. The third-order valence-electron chi connectivity index (χ3n) is 2.53. The Bertz CT molecular complexity index is 462. The van der Waals surface area contributed by atoms with Crippen molar-refractivity contribution in [2.75, 3.05) is 6.26 Å². The van der Waals surface area contributed by atoms with Gasteiger partial charge in [0.1, 0.15) is 0 Å². The monoisotopic (exact) mass is 262 g/mol. The van der Waals surface area contributed by atoms with E-state index in [0.717, 1.165) is 5.56 Å². The van der Waals surface area contributed by atoms with Gasteiger partial charge in [-0.2, -0.15) is 0 Å². The molecule has 4 nitrogen and oxygen atoms in total. The molecule has 0 radical (unpaired) electrons. The van der Waals surface area contributed by atoms with Crippen LogP contribution in [0.1, 0.15) is 18.5 Å². The van der Waals surface area contributed by atoms with Crippen molar-refractivity contribution in [3.63, 3.8) is 0 Å². The quantitative estimate of drug-likeness (QED) is 0.633. The number of nitrogens with one attached hydrogen (secondary N) is 1. The molecule has 1 rings (SSSR count). The number of benzene rings is 1. The normalized spacial score (nSPS) is 15.8. The summed E-state index contributed by atoms with van der Waals surface area (Å²) in [5, 5.41) is -0.0607. The van der Waals surface area contributed by atoms with Gasteiger partial charge in [0.05, 0.1) is 11.3 Å². The molecule has 6 heteroatoms. The van der Waals surface area contributed by atoms with Gasteiger partial charge in [0, 0.05) is 11.3 Å². The van der Waals surface area contributed by atoms with Crippen LogP contribution in [0.4, 0.5) is 0 Å². The van der Waals surface area contributed by atoms with Gasteiger partial charge < -0.3 is 0 Å². The van der Waals surface area contributed by atoms with Crippen LogP contribution in [0.15, 0.2) is 24.3 Å². The Hall–Kier alpha value is -0.620. The first-order valence-electron chi connectivity index (χ1n) is 4.76. The summed E-state index contributed by atoms with van der Waals surface area (Å²) < 4.78 is 22.9. The number of nitrogens with two attached hydrogens (primary N) is 1. The molecule has 0 aliphatic carbocycles. The summed E-state index contributed by atoms with van der Waals surface area (Å²) in [7, 11) is -3.16. The SMILES string of the molecule is CC(C(NN)c1cccc(Cl)c1)S(C)(=O)=O. The first-order chi connectivity index (χ1) is 7.36. The summed E-state index contributed by atoms with van der Waals surface area (Å²) in [6.45, 7) is 1.61. The molecule has 0 heterocycles. The highest BCUT2D eigenvalue weighted by molar-refractivity contribution is 7.91. The fraction of sp³-hybridized carbons (Fsp3) is 0.400. The Morgan fingerprint density at radius 2 is 2.06 bits per heavy atom. The zero-order valence-corrected chi connectivity index (χ0v) is 10.7. The van der Waals surface area contributed by atoms with Gasteiger partial charge in [-0.1, -0.05) is 23.7 Å². The lowest BCUT2D eigenvalue weighted by Gasteiger charge is -2.22. The van der Waals surface area contributed by atoms with E-state index in [0.29, 0.717) is 5.02 Å². The fourth-order valence-corrected chi connectivity index (χ4v) is 2.38. The number of hydrogen-bond donors (Lipinski definition) is 2. The van der Waals surface area contributed by atoms with Crippen molar-refractivity contribution in [3.05, 3.63) is 34.9 Å². The van der Waals surface area contributed by atoms with E-state index in [1.54, 1.807) is 31.2 Å². The van der Waals surface area contributed by atoms with Crippen molar-refractivity contribution < 1.29 is 8.42 Å². The average molecular weight is 263 g/mol. The number of rotatable bonds is 4. The molecule has 0 spiro atoms. The average Bonchev–Trinajstić information content (AvgIpc) is 2.17. The molecule has 0 fully saturated rings. The van der Waals surface area contributed by atoms with Crippen LogP contribution >= 0.6 is 11.6 Å². The maximum atomic E-state index is 11.5. The van der Waals surface area contributed by atoms with Crippen molar-refractivity contribution in [2.24, 2.45) is 5.84 Å². The molecule has 2 unspecified atom stereocenters. The van der Waals surface area contributed by atoms with Crippen LogP contribution in [0.3, 0.4) is 0 Å². The summed E-state index contributed by atoms with van der Waals surface area (Å²) in [6.07, 6.45) is 1.19. The smallest absolute Gasteiger partial charge is 0.151 e. The van der Waals surface area contributed by atoms with Crippen molar-refractivity contribution in [1.29, 1.82) is 0 Å². The van der Waals surface area contributed by atoms with Crippen molar-refractivity contribution in [1.82, 2.24) is 5.43 Å². The lowest BCUT2D eigenvalue weighted by atomic mass is 10.1. The zero-order chi connectivity index (χ0) is 12.3. The highest BCUT2D eigenvalue weighted by Crippen LogP contribution is 2.23. The third kappa shape index (κ3) is 3.18. The standard InChI is InChI=1S/C10H15ClN2O2S/c1-7(16(2,14)15)10(13-12)8-4-3-5-9(11)6-8/h3-7,10,13H,12H2,1-2H3. The molecule has 16 heavy (non-hydrogen) atoms. The molecule has 1 aromatic rings. The molecule has 2 atom stereocenters. The Kier molecular flexibility index (Phi) is 4.32. The van der Waals surface area contributed by atoms with Crippen molar-refractivity contribution >= 4 is 21.4 Å². The second kappa shape index (κ2) is 5.14. The van der Waals surface area contributed by atoms with E-state index in [9.17, 15) is 8.42 Å². The number of sulfone groups is 1. The molecule has 1 aromatic carbocycles. The summed E-state index contributed by atoms with van der Waals surface area (Å²) >= 11 is 5.85. The van der Waals surface area contributed by atoms with Crippen LogP contribution in [-0.2, 0) is 9.84 Å². The summed E-state index contributed by atoms with van der Waals surface area (Å²) in [5.41, 5.74) is 3.27. The molecule has 90 valence electrons. The molecule has 0 saturated heterocycles. The Labute approximate surface area is 101 Å². The molecule has 0 aromatic heterocycles. The molecule has 0 bridgehead atoms. The lowest BCUT2D eigenvalue weighted by molar-refractivity contribution is 0.513. The van der Waals surface area contributed by atoms with E-state index in [1.807, 2.05) is 0 Å². The molecule has 3 N–H and O–H groups in total. The van der Waals surface area contributed by atoms with Crippen molar-refractivity contribution in [2.45, 2.75) is 18.2 Å². The summed E-state index contributed by atoms with van der Waals surface area (Å²) in [4.78, 5) is 0. The van der Waals surface area contributed by atoms with Gasteiger partial charge in [-0.3, -0.25) is 11.3 Å². The van der Waals surface area contributed by atoms with Crippen LogP contribution < -0.4 is 11.3 Å². The fourth-order valence-electron chi connectivity index (χ4n) is 1.45. The van der Waals surface area contributed by atoms with Crippen LogP contribution in [0.2, 0.25) is 5.02 Å².